The molecule has 1 aliphatic rings. The van der Waals surface area contributed by atoms with Crippen LogP contribution in [0.1, 0.15) is 0 Å². The summed E-state index contributed by atoms with van der Waals surface area (Å²) in [5, 5.41) is 1.96. The van der Waals surface area contributed by atoms with Gasteiger partial charge in [-0.15, -0.1) is 11.8 Å². The van der Waals surface area contributed by atoms with Gasteiger partial charge in [0.25, 0.3) is 0 Å². The molecule has 0 N–H and O–H groups in total. The molecule has 1 saturated heterocycles. The number of hydrogen-bond acceptors (Lipinski definition) is 4. The van der Waals surface area contributed by atoms with Crippen molar-refractivity contribution in [1.29, 1.82) is 0 Å². The molecule has 1 aliphatic heterocycles. The van der Waals surface area contributed by atoms with E-state index in [1.807, 2.05) is 5.41 Å². The second kappa shape index (κ2) is 6.22. The van der Waals surface area contributed by atoms with Crippen LogP contribution < -0.4 is 0 Å². The third kappa shape index (κ3) is 3.90. The highest BCUT2D eigenvalue weighted by atomic mass is 32.2. The second-order valence-corrected chi connectivity index (χ2v) is 3.36. The molecule has 12 heavy (non-hydrogen) atoms. The van der Waals surface area contributed by atoms with Gasteiger partial charge in [-0.2, -0.15) is 0 Å². The van der Waals surface area contributed by atoms with Crippen LogP contribution >= 0.6 is 11.8 Å². The number of nitrogens with zero attached hydrogens (tertiary/aromatic N) is 2. The third-order valence-corrected chi connectivity index (χ3v) is 2.45. The highest BCUT2D eigenvalue weighted by Crippen LogP contribution is 2.07. The Morgan fingerprint density at radius 1 is 1.50 bits per heavy atom. The first-order chi connectivity index (χ1) is 5.93. The molecule has 1 heterocycles. The SMILES string of the molecule is C=N/C=C\SCN1CCOCC1. The fourth-order valence-electron chi connectivity index (χ4n) is 0.965. The van der Waals surface area contributed by atoms with E-state index in [1.165, 1.54) is 0 Å². The van der Waals surface area contributed by atoms with E-state index >= 15 is 0 Å². The Morgan fingerprint density at radius 2 is 2.25 bits per heavy atom. The Bertz CT molecular complexity index is 155. The van der Waals surface area contributed by atoms with E-state index in [0.717, 1.165) is 32.2 Å². The summed E-state index contributed by atoms with van der Waals surface area (Å²) in [6.45, 7) is 7.18. The van der Waals surface area contributed by atoms with Gasteiger partial charge in [0.15, 0.2) is 0 Å². The van der Waals surface area contributed by atoms with Crippen LogP contribution in [0.25, 0.3) is 0 Å². The molecular formula is C8H14N2OS. The van der Waals surface area contributed by atoms with Gasteiger partial charge in [-0.05, 0) is 12.1 Å². The van der Waals surface area contributed by atoms with Gasteiger partial charge in [0.2, 0.25) is 0 Å². The second-order valence-electron chi connectivity index (χ2n) is 2.49. The van der Waals surface area contributed by atoms with Crippen molar-refractivity contribution in [3.05, 3.63) is 11.6 Å². The first-order valence-electron chi connectivity index (χ1n) is 3.96. The van der Waals surface area contributed by atoms with Crippen LogP contribution in [0.4, 0.5) is 0 Å². The predicted molar refractivity (Wildman–Crippen MR) is 53.5 cm³/mol. The summed E-state index contributed by atoms with van der Waals surface area (Å²) in [5.74, 6) is 1.02. The lowest BCUT2D eigenvalue weighted by Crippen LogP contribution is -2.35. The molecule has 0 saturated carbocycles. The number of thioether (sulfide) groups is 1. The predicted octanol–water partition coefficient (Wildman–Crippen LogP) is 1.18. The minimum atomic E-state index is 0.865. The van der Waals surface area contributed by atoms with Crippen LogP contribution in [-0.4, -0.2) is 43.8 Å². The van der Waals surface area contributed by atoms with E-state index in [4.69, 9.17) is 4.74 Å². The molecule has 1 rings (SSSR count). The molecule has 0 unspecified atom stereocenters. The summed E-state index contributed by atoms with van der Waals surface area (Å²) in [5.41, 5.74) is 0. The molecule has 0 aromatic rings. The van der Waals surface area contributed by atoms with Crippen LogP contribution in [-0.2, 0) is 4.74 Å². The number of aliphatic imine (C=N–C) groups is 1. The lowest BCUT2D eigenvalue weighted by Gasteiger charge is -2.25. The molecule has 0 radical (unpaired) electrons. The van der Waals surface area contributed by atoms with Crippen LogP contribution in [0.5, 0.6) is 0 Å². The van der Waals surface area contributed by atoms with Gasteiger partial charge < -0.3 is 4.74 Å². The fourth-order valence-corrected chi connectivity index (χ4v) is 1.69. The van der Waals surface area contributed by atoms with Gasteiger partial charge in [0, 0.05) is 25.2 Å². The van der Waals surface area contributed by atoms with E-state index in [0.29, 0.717) is 0 Å². The van der Waals surface area contributed by atoms with Crippen molar-refractivity contribution in [3.8, 4) is 0 Å². The highest BCUT2D eigenvalue weighted by Gasteiger charge is 2.08. The summed E-state index contributed by atoms with van der Waals surface area (Å²) in [7, 11) is 0. The van der Waals surface area contributed by atoms with Gasteiger partial charge in [-0.1, -0.05) is 0 Å². The van der Waals surface area contributed by atoms with Crippen molar-refractivity contribution in [2.24, 2.45) is 4.99 Å². The Balaban J connectivity index is 2.05. The van der Waals surface area contributed by atoms with Gasteiger partial charge in [0.05, 0.1) is 13.2 Å². The zero-order valence-electron chi connectivity index (χ0n) is 7.11. The average molecular weight is 186 g/mol. The molecule has 0 aliphatic carbocycles. The maximum atomic E-state index is 5.23. The van der Waals surface area contributed by atoms with Crippen LogP contribution in [0, 0.1) is 0 Å². The normalized spacial score (nSPS) is 20.0. The van der Waals surface area contributed by atoms with Crippen molar-refractivity contribution in [2.45, 2.75) is 0 Å². The number of rotatable bonds is 4. The van der Waals surface area contributed by atoms with Gasteiger partial charge in [0.1, 0.15) is 0 Å². The number of hydrogen-bond donors (Lipinski definition) is 0. The van der Waals surface area contributed by atoms with Crippen molar-refractivity contribution >= 4 is 18.5 Å². The summed E-state index contributed by atoms with van der Waals surface area (Å²) < 4.78 is 5.23. The largest absolute Gasteiger partial charge is 0.379 e. The molecular weight excluding hydrogens is 172 g/mol. The zero-order chi connectivity index (χ0) is 8.65. The summed E-state index contributed by atoms with van der Waals surface area (Å²) in [6, 6.07) is 0. The van der Waals surface area contributed by atoms with Crippen LogP contribution in [0.3, 0.4) is 0 Å². The molecule has 0 aromatic carbocycles. The van der Waals surface area contributed by atoms with Crippen molar-refractivity contribution in [1.82, 2.24) is 4.90 Å². The molecule has 0 bridgehead atoms. The Hall–Kier alpha value is -0.320. The van der Waals surface area contributed by atoms with Crippen molar-refractivity contribution in [3.63, 3.8) is 0 Å². The van der Waals surface area contributed by atoms with E-state index in [-0.39, 0.29) is 0 Å². The highest BCUT2D eigenvalue weighted by molar-refractivity contribution is 8.02. The van der Waals surface area contributed by atoms with Gasteiger partial charge in [-0.3, -0.25) is 9.89 Å². The van der Waals surface area contributed by atoms with Gasteiger partial charge >= 0.3 is 0 Å². The minimum absolute atomic E-state index is 0.865. The van der Waals surface area contributed by atoms with Crippen LogP contribution in [0.15, 0.2) is 16.6 Å². The van der Waals surface area contributed by atoms with Crippen molar-refractivity contribution in [2.75, 3.05) is 32.2 Å². The van der Waals surface area contributed by atoms with Gasteiger partial charge in [-0.25, -0.2) is 0 Å². The summed E-state index contributed by atoms with van der Waals surface area (Å²) >= 11 is 1.74. The Kier molecular flexibility index (Phi) is 5.07. The Morgan fingerprint density at radius 3 is 2.92 bits per heavy atom. The molecule has 0 aromatic heterocycles. The first kappa shape index (κ1) is 9.77. The topological polar surface area (TPSA) is 24.8 Å². The maximum absolute atomic E-state index is 5.23. The Labute approximate surface area is 77.5 Å². The molecule has 0 amide bonds. The average Bonchev–Trinajstić information content (AvgIpc) is 2.14. The summed E-state index contributed by atoms with van der Waals surface area (Å²) in [4.78, 5) is 5.99. The molecule has 0 spiro atoms. The third-order valence-electron chi connectivity index (χ3n) is 1.62. The molecule has 3 nitrogen and oxygen atoms in total. The first-order valence-corrected chi connectivity index (χ1v) is 5.01. The van der Waals surface area contributed by atoms with E-state index in [2.05, 4.69) is 16.6 Å². The number of ether oxygens (including phenoxy) is 1. The fraction of sp³-hybridized carbons (Fsp3) is 0.625. The minimum Gasteiger partial charge on any atom is -0.379 e. The quantitative estimate of drug-likeness (QED) is 0.616. The van der Waals surface area contributed by atoms with E-state index < -0.39 is 0 Å². The van der Waals surface area contributed by atoms with E-state index in [1.54, 1.807) is 18.0 Å². The van der Waals surface area contributed by atoms with Crippen molar-refractivity contribution < 1.29 is 4.74 Å². The monoisotopic (exact) mass is 186 g/mol. The number of morpholine rings is 1. The molecule has 1 fully saturated rings. The summed E-state index contributed by atoms with van der Waals surface area (Å²) in [6.07, 6.45) is 1.71. The lowest BCUT2D eigenvalue weighted by molar-refractivity contribution is 0.0474. The molecule has 4 heteroatoms. The lowest BCUT2D eigenvalue weighted by atomic mass is 10.5. The van der Waals surface area contributed by atoms with E-state index in [9.17, 15) is 0 Å². The smallest absolute Gasteiger partial charge is 0.0594 e. The molecule has 0 atom stereocenters. The standard InChI is InChI=1S/C8H14N2OS/c1-9-2-7-12-8-10-3-5-11-6-4-10/h2,7H,1,3-6,8H2/b7-2-. The zero-order valence-corrected chi connectivity index (χ0v) is 7.92. The maximum Gasteiger partial charge on any atom is 0.0594 e. The van der Waals surface area contributed by atoms with Crippen LogP contribution in [0.2, 0.25) is 0 Å². The molecule has 68 valence electrons.